The zero-order valence-corrected chi connectivity index (χ0v) is 24.7. The number of unbranched alkanes of at least 4 members (excludes halogenated alkanes) is 14. The molecule has 0 heterocycles. The van der Waals surface area contributed by atoms with Crippen molar-refractivity contribution in [1.29, 1.82) is 0 Å². The van der Waals surface area contributed by atoms with Gasteiger partial charge >= 0.3 is 5.97 Å². The minimum absolute atomic E-state index is 0.121. The average Bonchev–Trinajstić information content (AvgIpc) is 2.85. The number of hydrogen-bond donors (Lipinski definition) is 2. The third kappa shape index (κ3) is 22.5. The number of rotatable bonds is 27. The lowest BCUT2D eigenvalue weighted by atomic mass is 10.0. The van der Waals surface area contributed by atoms with Crippen LogP contribution in [0.25, 0.3) is 0 Å². The van der Waals surface area contributed by atoms with Crippen LogP contribution in [0.1, 0.15) is 156 Å². The van der Waals surface area contributed by atoms with Gasteiger partial charge in [-0.1, -0.05) is 117 Å². The highest BCUT2D eigenvalue weighted by molar-refractivity contribution is 5.69. The van der Waals surface area contributed by atoms with Crippen molar-refractivity contribution in [2.24, 2.45) is 0 Å². The zero-order valence-electron chi connectivity index (χ0n) is 24.7. The first-order valence-corrected chi connectivity index (χ1v) is 15.7. The first-order chi connectivity index (χ1) is 17.4. The highest BCUT2D eigenvalue weighted by atomic mass is 16.5. The van der Waals surface area contributed by atoms with Crippen LogP contribution in [0, 0.1) is 0 Å². The molecule has 5 heteroatoms. The summed E-state index contributed by atoms with van der Waals surface area (Å²) in [5, 5.41) is 21.5. The number of esters is 1. The van der Waals surface area contributed by atoms with Crippen molar-refractivity contribution in [2.45, 2.75) is 174 Å². The van der Waals surface area contributed by atoms with Crippen LogP contribution in [0.3, 0.4) is 0 Å². The third-order valence-electron chi connectivity index (χ3n) is 7.37. The predicted octanol–water partition coefficient (Wildman–Crippen LogP) is 7.80. The molecular formula is C31H63NO4. The summed E-state index contributed by atoms with van der Waals surface area (Å²) in [6, 6.07) is 0.121. The van der Waals surface area contributed by atoms with E-state index in [1.807, 2.05) is 6.92 Å². The molecule has 0 bridgehead atoms. The fourth-order valence-electron chi connectivity index (χ4n) is 4.93. The van der Waals surface area contributed by atoms with Gasteiger partial charge in [0.2, 0.25) is 0 Å². The minimum Gasteiger partial charge on any atom is -0.466 e. The van der Waals surface area contributed by atoms with Crippen LogP contribution < -0.4 is 0 Å². The summed E-state index contributed by atoms with van der Waals surface area (Å²) in [6.07, 6.45) is 22.1. The van der Waals surface area contributed by atoms with Crippen LogP contribution in [-0.2, 0) is 9.53 Å². The van der Waals surface area contributed by atoms with Crippen molar-refractivity contribution >= 4 is 5.97 Å². The first-order valence-electron chi connectivity index (χ1n) is 15.7. The second-order valence-corrected chi connectivity index (χ2v) is 11.0. The maximum Gasteiger partial charge on any atom is 0.305 e. The largest absolute Gasteiger partial charge is 0.466 e. The van der Waals surface area contributed by atoms with E-state index in [1.54, 1.807) is 0 Å². The summed E-state index contributed by atoms with van der Waals surface area (Å²) in [5.41, 5.74) is 0. The van der Waals surface area contributed by atoms with Gasteiger partial charge in [0.05, 0.1) is 18.8 Å². The van der Waals surface area contributed by atoms with Gasteiger partial charge in [0.1, 0.15) is 0 Å². The molecule has 0 aromatic carbocycles. The van der Waals surface area contributed by atoms with Crippen molar-refractivity contribution in [3.63, 3.8) is 0 Å². The molecule has 0 aromatic rings. The van der Waals surface area contributed by atoms with Gasteiger partial charge in [0, 0.05) is 25.6 Å². The highest BCUT2D eigenvalue weighted by Gasteiger charge is 2.21. The van der Waals surface area contributed by atoms with Gasteiger partial charge in [-0.3, -0.25) is 9.69 Å². The summed E-state index contributed by atoms with van der Waals surface area (Å²) in [5.74, 6) is -0.164. The molecule has 0 aromatic heterocycles. The summed E-state index contributed by atoms with van der Waals surface area (Å²) in [6.45, 7) is 9.97. The molecule has 0 fully saturated rings. The van der Waals surface area contributed by atoms with E-state index in [9.17, 15) is 15.0 Å². The number of carbonyl (C=O) groups excluding carboxylic acids is 1. The predicted molar refractivity (Wildman–Crippen MR) is 153 cm³/mol. The van der Waals surface area contributed by atoms with Gasteiger partial charge in [-0.05, 0) is 33.1 Å². The quantitative estimate of drug-likeness (QED) is 0.0866. The maximum absolute atomic E-state index is 11.8. The summed E-state index contributed by atoms with van der Waals surface area (Å²) in [4.78, 5) is 14.0. The Labute approximate surface area is 224 Å². The van der Waals surface area contributed by atoms with Crippen LogP contribution in [0.15, 0.2) is 0 Å². The van der Waals surface area contributed by atoms with E-state index in [4.69, 9.17) is 4.74 Å². The number of hydrogen-bond acceptors (Lipinski definition) is 5. The van der Waals surface area contributed by atoms with Crippen LogP contribution in [0.4, 0.5) is 0 Å². The monoisotopic (exact) mass is 513 g/mol. The van der Waals surface area contributed by atoms with Crippen LogP contribution in [0.2, 0.25) is 0 Å². The van der Waals surface area contributed by atoms with E-state index in [0.717, 1.165) is 25.7 Å². The molecule has 2 N–H and O–H groups in total. The molecule has 0 saturated carbocycles. The molecule has 0 aliphatic rings. The standard InChI is InChI=1S/C31H63NO4/c1-5-8-10-12-14-16-18-20-22-29(33)26-32(28(4)24-25-31(35)36-7-3)27-30(34)23-21-19-17-15-13-11-9-6-2/h28-30,33-34H,5-27H2,1-4H3. The van der Waals surface area contributed by atoms with E-state index in [-0.39, 0.29) is 24.2 Å². The third-order valence-corrected chi connectivity index (χ3v) is 7.37. The molecule has 36 heavy (non-hydrogen) atoms. The summed E-state index contributed by atoms with van der Waals surface area (Å²) < 4.78 is 5.09. The lowest BCUT2D eigenvalue weighted by Crippen LogP contribution is -2.43. The molecule has 0 aliphatic carbocycles. The molecule has 0 rings (SSSR count). The van der Waals surface area contributed by atoms with Crippen LogP contribution >= 0.6 is 0 Å². The van der Waals surface area contributed by atoms with Crippen molar-refractivity contribution < 1.29 is 19.7 Å². The maximum atomic E-state index is 11.8. The number of ether oxygens (including phenoxy) is 1. The number of aliphatic hydroxyl groups excluding tert-OH is 2. The van der Waals surface area contributed by atoms with Crippen molar-refractivity contribution in [1.82, 2.24) is 4.90 Å². The lowest BCUT2D eigenvalue weighted by Gasteiger charge is -2.32. The van der Waals surface area contributed by atoms with Crippen molar-refractivity contribution in [3.8, 4) is 0 Å². The Morgan fingerprint density at radius 1 is 0.639 bits per heavy atom. The normalized spacial score (nSPS) is 14.2. The van der Waals surface area contributed by atoms with Gasteiger partial charge in [-0.15, -0.1) is 0 Å². The van der Waals surface area contributed by atoms with Crippen LogP contribution in [0.5, 0.6) is 0 Å². The zero-order chi connectivity index (χ0) is 26.9. The molecule has 0 amide bonds. The van der Waals surface area contributed by atoms with E-state index in [2.05, 4.69) is 25.7 Å². The Balaban J connectivity index is 4.41. The number of carbonyl (C=O) groups is 1. The van der Waals surface area contributed by atoms with Gasteiger partial charge in [-0.2, -0.15) is 0 Å². The molecular weight excluding hydrogens is 450 g/mol. The Morgan fingerprint density at radius 2 is 1.03 bits per heavy atom. The molecule has 0 radical (unpaired) electrons. The lowest BCUT2D eigenvalue weighted by molar-refractivity contribution is -0.143. The Hall–Kier alpha value is -0.650. The minimum atomic E-state index is -0.384. The fourth-order valence-corrected chi connectivity index (χ4v) is 4.93. The van der Waals surface area contributed by atoms with Crippen LogP contribution in [-0.4, -0.2) is 59.0 Å². The van der Waals surface area contributed by atoms with E-state index in [0.29, 0.717) is 32.5 Å². The highest BCUT2D eigenvalue weighted by Crippen LogP contribution is 2.16. The Morgan fingerprint density at radius 3 is 1.42 bits per heavy atom. The van der Waals surface area contributed by atoms with Gasteiger partial charge in [-0.25, -0.2) is 0 Å². The number of nitrogens with zero attached hydrogens (tertiary/aromatic N) is 1. The van der Waals surface area contributed by atoms with E-state index in [1.165, 1.54) is 89.9 Å². The summed E-state index contributed by atoms with van der Waals surface area (Å²) in [7, 11) is 0. The van der Waals surface area contributed by atoms with Crippen molar-refractivity contribution in [2.75, 3.05) is 19.7 Å². The molecule has 3 unspecified atom stereocenters. The average molecular weight is 514 g/mol. The first kappa shape index (κ1) is 35.4. The Bertz CT molecular complexity index is 445. The molecule has 0 saturated heterocycles. The fraction of sp³-hybridized carbons (Fsp3) is 0.968. The second kappa shape index (κ2) is 26.0. The second-order valence-electron chi connectivity index (χ2n) is 11.0. The molecule has 0 aliphatic heterocycles. The molecule has 5 nitrogen and oxygen atoms in total. The summed E-state index contributed by atoms with van der Waals surface area (Å²) >= 11 is 0. The van der Waals surface area contributed by atoms with E-state index < -0.39 is 0 Å². The van der Waals surface area contributed by atoms with E-state index >= 15 is 0 Å². The Kier molecular flexibility index (Phi) is 25.5. The topological polar surface area (TPSA) is 70.0 Å². The molecule has 216 valence electrons. The van der Waals surface area contributed by atoms with Crippen molar-refractivity contribution in [3.05, 3.63) is 0 Å². The van der Waals surface area contributed by atoms with Gasteiger partial charge < -0.3 is 14.9 Å². The smallest absolute Gasteiger partial charge is 0.305 e. The molecule has 0 spiro atoms. The molecule has 3 atom stereocenters. The SMILES string of the molecule is CCCCCCCCCCC(O)CN(CC(O)CCCCCCCCCC)C(C)CCC(=O)OCC. The van der Waals surface area contributed by atoms with Gasteiger partial charge in [0.15, 0.2) is 0 Å². The van der Waals surface area contributed by atoms with Gasteiger partial charge in [0.25, 0.3) is 0 Å². The number of aliphatic hydroxyl groups is 2.